The Morgan fingerprint density at radius 1 is 1.12 bits per heavy atom. The predicted molar refractivity (Wildman–Crippen MR) is 118 cm³/mol. The zero-order valence-electron chi connectivity index (χ0n) is 16.6. The molecule has 24 heavy (non-hydrogen) atoms. The van der Waals surface area contributed by atoms with Crippen LogP contribution in [0.4, 0.5) is 0 Å². The van der Waals surface area contributed by atoms with E-state index >= 15 is 0 Å². The van der Waals surface area contributed by atoms with Crippen LogP contribution in [0, 0.1) is 0 Å². The smallest absolute Gasteiger partial charge is 0.191 e. The molecule has 1 aliphatic heterocycles. The molecule has 2 unspecified atom stereocenters. The van der Waals surface area contributed by atoms with Crippen LogP contribution in [0.2, 0.25) is 0 Å². The number of hydrogen-bond acceptors (Lipinski definition) is 4. The van der Waals surface area contributed by atoms with E-state index in [1.54, 1.807) is 0 Å². The van der Waals surface area contributed by atoms with Crippen molar-refractivity contribution in [2.24, 2.45) is 4.99 Å². The van der Waals surface area contributed by atoms with Crippen LogP contribution >= 0.6 is 35.7 Å². The lowest BCUT2D eigenvalue weighted by molar-refractivity contribution is -0.0946. The van der Waals surface area contributed by atoms with Crippen LogP contribution in [0.15, 0.2) is 4.99 Å². The molecule has 0 aromatic rings. The van der Waals surface area contributed by atoms with Gasteiger partial charge in [-0.3, -0.25) is 9.89 Å². The van der Waals surface area contributed by atoms with Gasteiger partial charge in [0.15, 0.2) is 5.96 Å². The van der Waals surface area contributed by atoms with Crippen LogP contribution in [0.3, 0.4) is 0 Å². The number of aliphatic imine (C=N–C) groups is 1. The molecule has 5 nitrogen and oxygen atoms in total. The first-order valence-corrected chi connectivity index (χ1v) is 9.72. The molecule has 0 amide bonds. The Kier molecular flexibility index (Phi) is 10.5. The summed E-state index contributed by atoms with van der Waals surface area (Å²) < 4.78 is 6.04. The van der Waals surface area contributed by atoms with E-state index in [1.165, 1.54) is 0 Å². The Balaban J connectivity index is 0.00000529. The van der Waals surface area contributed by atoms with Crippen molar-refractivity contribution >= 4 is 41.7 Å². The second-order valence-electron chi connectivity index (χ2n) is 7.72. The Bertz CT molecular complexity index is 394. The minimum Gasteiger partial charge on any atom is -0.373 e. The lowest BCUT2D eigenvalue weighted by Gasteiger charge is -2.45. The average Bonchev–Trinajstić information content (AvgIpc) is 2.46. The summed E-state index contributed by atoms with van der Waals surface area (Å²) in [5.74, 6) is 0.870. The second-order valence-corrected chi connectivity index (χ2v) is 9.23. The van der Waals surface area contributed by atoms with Gasteiger partial charge in [-0.05, 0) is 47.8 Å². The molecule has 144 valence electrons. The molecular formula is C17H37IN4OS. The number of morpholine rings is 1. The van der Waals surface area contributed by atoms with Gasteiger partial charge in [-0.2, -0.15) is 11.8 Å². The standard InChI is InChI=1S/C17H36N4OS.HI/c1-13-9-21(10-14(2)22-13)16(3,4)11-19-15(18-7)20-12-17(5,6)23-8;/h13-14H,9-12H2,1-8H3,(H2,18,19,20);1H. The summed E-state index contributed by atoms with van der Waals surface area (Å²) in [5.41, 5.74) is 0.0545. The molecule has 1 fully saturated rings. The fourth-order valence-electron chi connectivity index (χ4n) is 2.67. The maximum Gasteiger partial charge on any atom is 0.191 e. The summed E-state index contributed by atoms with van der Waals surface area (Å²) in [6.07, 6.45) is 2.72. The second kappa shape index (κ2) is 10.4. The van der Waals surface area contributed by atoms with E-state index in [0.717, 1.165) is 32.1 Å². The van der Waals surface area contributed by atoms with Crippen molar-refractivity contribution in [2.45, 2.75) is 64.0 Å². The summed E-state index contributed by atoms with van der Waals surface area (Å²) >= 11 is 1.86. The van der Waals surface area contributed by atoms with Gasteiger partial charge in [0, 0.05) is 43.5 Å². The highest BCUT2D eigenvalue weighted by Gasteiger charge is 2.33. The molecule has 7 heteroatoms. The number of halogens is 1. The fraction of sp³-hybridized carbons (Fsp3) is 0.941. The molecular weight excluding hydrogens is 435 g/mol. The van der Waals surface area contributed by atoms with Gasteiger partial charge in [-0.15, -0.1) is 24.0 Å². The highest BCUT2D eigenvalue weighted by atomic mass is 127. The summed E-state index contributed by atoms with van der Waals surface area (Å²) in [5, 5.41) is 6.91. The zero-order chi connectivity index (χ0) is 17.7. The third-order valence-corrected chi connectivity index (χ3v) is 5.67. The van der Waals surface area contributed by atoms with Crippen molar-refractivity contribution in [2.75, 3.05) is 39.5 Å². The molecule has 1 rings (SSSR count). The minimum atomic E-state index is 0. The van der Waals surface area contributed by atoms with Gasteiger partial charge in [0.05, 0.1) is 12.2 Å². The quantitative estimate of drug-likeness (QED) is 0.354. The number of ether oxygens (including phenoxy) is 1. The molecule has 0 aliphatic carbocycles. The summed E-state index contributed by atoms with van der Waals surface area (Å²) in [7, 11) is 1.83. The molecule has 0 bridgehead atoms. The van der Waals surface area contributed by atoms with Gasteiger partial charge >= 0.3 is 0 Å². The molecule has 0 aromatic carbocycles. The van der Waals surface area contributed by atoms with Gasteiger partial charge in [0.25, 0.3) is 0 Å². The van der Waals surface area contributed by atoms with Crippen molar-refractivity contribution in [3.63, 3.8) is 0 Å². The fourth-order valence-corrected chi connectivity index (χ4v) is 2.89. The average molecular weight is 472 g/mol. The number of nitrogens with zero attached hydrogens (tertiary/aromatic N) is 2. The van der Waals surface area contributed by atoms with Crippen LogP contribution in [-0.2, 0) is 4.74 Å². The largest absolute Gasteiger partial charge is 0.373 e. The summed E-state index contributed by atoms with van der Waals surface area (Å²) in [6, 6.07) is 0. The van der Waals surface area contributed by atoms with E-state index in [4.69, 9.17) is 4.74 Å². The number of nitrogens with one attached hydrogen (secondary N) is 2. The maximum absolute atomic E-state index is 5.85. The van der Waals surface area contributed by atoms with Crippen molar-refractivity contribution in [3.05, 3.63) is 0 Å². The minimum absolute atomic E-state index is 0. The lowest BCUT2D eigenvalue weighted by atomic mass is 10.00. The molecule has 2 N–H and O–H groups in total. The Morgan fingerprint density at radius 3 is 2.08 bits per heavy atom. The topological polar surface area (TPSA) is 48.9 Å². The van der Waals surface area contributed by atoms with Crippen LogP contribution in [0.25, 0.3) is 0 Å². The molecule has 1 aliphatic rings. The van der Waals surface area contributed by atoms with Gasteiger partial charge in [-0.1, -0.05) is 0 Å². The van der Waals surface area contributed by atoms with Crippen molar-refractivity contribution in [1.82, 2.24) is 15.5 Å². The first kappa shape index (κ1) is 24.3. The van der Waals surface area contributed by atoms with Crippen LogP contribution in [0.1, 0.15) is 41.5 Å². The van der Waals surface area contributed by atoms with Crippen molar-refractivity contribution < 1.29 is 4.74 Å². The molecule has 0 spiro atoms. The zero-order valence-corrected chi connectivity index (χ0v) is 19.7. The molecule has 0 saturated carbocycles. The van der Waals surface area contributed by atoms with Crippen LogP contribution in [0.5, 0.6) is 0 Å². The molecule has 1 heterocycles. The highest BCUT2D eigenvalue weighted by Crippen LogP contribution is 2.21. The van der Waals surface area contributed by atoms with E-state index in [2.05, 4.69) is 68.3 Å². The first-order valence-electron chi connectivity index (χ1n) is 8.50. The molecule has 0 radical (unpaired) electrons. The molecule has 1 saturated heterocycles. The normalized spacial score (nSPS) is 23.6. The number of hydrogen-bond donors (Lipinski definition) is 2. The van der Waals surface area contributed by atoms with Crippen molar-refractivity contribution in [3.8, 4) is 0 Å². The predicted octanol–water partition coefficient (Wildman–Crippen LogP) is 2.80. The van der Waals surface area contributed by atoms with E-state index in [1.807, 2.05) is 18.8 Å². The Hall–Kier alpha value is 0.270. The molecule has 0 aromatic heterocycles. The number of guanidine groups is 1. The summed E-state index contributed by atoms with van der Waals surface area (Å²) in [4.78, 5) is 6.86. The number of rotatable bonds is 6. The van der Waals surface area contributed by atoms with Crippen molar-refractivity contribution in [1.29, 1.82) is 0 Å². The monoisotopic (exact) mass is 472 g/mol. The highest BCUT2D eigenvalue weighted by molar-refractivity contribution is 14.0. The van der Waals surface area contributed by atoms with E-state index < -0.39 is 0 Å². The van der Waals surface area contributed by atoms with E-state index in [-0.39, 0.29) is 46.5 Å². The maximum atomic E-state index is 5.85. The van der Waals surface area contributed by atoms with Crippen LogP contribution in [-0.4, -0.2) is 72.8 Å². The van der Waals surface area contributed by atoms with Gasteiger partial charge in [0.1, 0.15) is 0 Å². The van der Waals surface area contributed by atoms with Gasteiger partial charge in [-0.25, -0.2) is 0 Å². The van der Waals surface area contributed by atoms with Gasteiger partial charge < -0.3 is 15.4 Å². The summed E-state index contributed by atoms with van der Waals surface area (Å²) in [6.45, 7) is 17.0. The Morgan fingerprint density at radius 2 is 1.62 bits per heavy atom. The van der Waals surface area contributed by atoms with Crippen LogP contribution < -0.4 is 10.6 Å². The number of thioether (sulfide) groups is 1. The first-order chi connectivity index (χ1) is 10.6. The third-order valence-electron chi connectivity index (χ3n) is 4.42. The van der Waals surface area contributed by atoms with E-state index in [9.17, 15) is 0 Å². The van der Waals surface area contributed by atoms with Gasteiger partial charge in [0.2, 0.25) is 0 Å². The third kappa shape index (κ3) is 8.10. The SMILES string of the molecule is CN=C(NCC(C)(C)SC)NCC(C)(C)N1CC(C)OC(C)C1.I. The van der Waals surface area contributed by atoms with E-state index in [0.29, 0.717) is 0 Å². The Labute approximate surface area is 170 Å². The molecule has 2 atom stereocenters. The lowest BCUT2D eigenvalue weighted by Crippen LogP contribution is -2.59.